The molecule has 0 amide bonds. The van der Waals surface area contributed by atoms with Gasteiger partial charge in [-0.1, -0.05) is 46.4 Å². The zero-order chi connectivity index (χ0) is 7.72. The van der Waals surface area contributed by atoms with Crippen molar-refractivity contribution in [1.29, 1.82) is 0 Å². The smallest absolute Gasteiger partial charge is 0.0382 e. The largest absolute Gasteiger partial charge is 0.0875 e. The number of hydrogen-bond acceptors (Lipinski definition) is 0. The third-order valence-electron chi connectivity index (χ3n) is 1.21. The Balaban J connectivity index is 2.81. The van der Waals surface area contributed by atoms with Gasteiger partial charge in [-0.15, -0.1) is 0 Å². The Labute approximate surface area is 79.4 Å². The van der Waals surface area contributed by atoms with Gasteiger partial charge in [0.05, 0.1) is 0 Å². The lowest BCUT2D eigenvalue weighted by Crippen LogP contribution is -1.91. The Morgan fingerprint density at radius 1 is 0.600 bits per heavy atom. The van der Waals surface area contributed by atoms with Crippen molar-refractivity contribution in [2.45, 2.75) is 12.8 Å². The topological polar surface area (TPSA) is 0 Å². The van der Waals surface area contributed by atoms with E-state index in [2.05, 4.69) is 0 Å². The first-order valence-corrected chi connectivity index (χ1v) is 4.18. The fourth-order valence-corrected chi connectivity index (χ4v) is 1.59. The average molecular weight is 218 g/mol. The van der Waals surface area contributed by atoms with E-state index in [0.29, 0.717) is 33.0 Å². The summed E-state index contributed by atoms with van der Waals surface area (Å²) in [6, 6.07) is 0. The van der Waals surface area contributed by atoms with Gasteiger partial charge < -0.3 is 0 Å². The summed E-state index contributed by atoms with van der Waals surface area (Å²) in [5.41, 5.74) is 0. The maximum Gasteiger partial charge on any atom is 0.0382 e. The van der Waals surface area contributed by atoms with E-state index >= 15 is 0 Å². The molecule has 1 aliphatic carbocycles. The van der Waals surface area contributed by atoms with Crippen molar-refractivity contribution >= 4 is 46.4 Å². The third-order valence-corrected chi connectivity index (χ3v) is 2.85. The third kappa shape index (κ3) is 1.82. The van der Waals surface area contributed by atoms with Crippen LogP contribution in [0.4, 0.5) is 0 Å². The van der Waals surface area contributed by atoms with Gasteiger partial charge in [0.1, 0.15) is 0 Å². The highest BCUT2D eigenvalue weighted by Crippen LogP contribution is 2.37. The van der Waals surface area contributed by atoms with E-state index in [1.54, 1.807) is 0 Å². The van der Waals surface area contributed by atoms with Crippen molar-refractivity contribution in [3.8, 4) is 0 Å². The van der Waals surface area contributed by atoms with Crippen LogP contribution in [0.1, 0.15) is 12.8 Å². The number of rotatable bonds is 0. The van der Waals surface area contributed by atoms with Gasteiger partial charge in [-0.3, -0.25) is 0 Å². The van der Waals surface area contributed by atoms with Gasteiger partial charge in [0.25, 0.3) is 0 Å². The van der Waals surface area contributed by atoms with E-state index in [-0.39, 0.29) is 0 Å². The molecule has 1 aliphatic rings. The first-order valence-electron chi connectivity index (χ1n) is 2.67. The van der Waals surface area contributed by atoms with E-state index in [1.807, 2.05) is 0 Å². The van der Waals surface area contributed by atoms with Crippen LogP contribution in [0.25, 0.3) is 0 Å². The summed E-state index contributed by atoms with van der Waals surface area (Å²) >= 11 is 22.8. The van der Waals surface area contributed by atoms with Gasteiger partial charge in [0.2, 0.25) is 0 Å². The van der Waals surface area contributed by atoms with Gasteiger partial charge in [0.15, 0.2) is 0 Å². The molecule has 0 unspecified atom stereocenters. The maximum absolute atomic E-state index is 5.70. The number of allylic oxidation sites excluding steroid dienone is 4. The zero-order valence-corrected chi connectivity index (χ0v) is 7.95. The minimum absolute atomic E-state index is 0.473. The predicted molar refractivity (Wildman–Crippen MR) is 46.7 cm³/mol. The van der Waals surface area contributed by atoms with Crippen LogP contribution in [0.3, 0.4) is 0 Å². The van der Waals surface area contributed by atoms with Gasteiger partial charge in [-0.05, 0) is 0 Å². The molecule has 0 heterocycles. The molecular formula is C6H4Cl4. The second-order valence-corrected chi connectivity index (χ2v) is 3.80. The van der Waals surface area contributed by atoms with E-state index in [9.17, 15) is 0 Å². The van der Waals surface area contributed by atoms with Gasteiger partial charge in [0, 0.05) is 33.0 Å². The van der Waals surface area contributed by atoms with Crippen molar-refractivity contribution in [1.82, 2.24) is 0 Å². The molecule has 0 fully saturated rings. The molecule has 56 valence electrons. The summed E-state index contributed by atoms with van der Waals surface area (Å²) < 4.78 is 0. The normalized spacial score (nSPS) is 20.4. The highest BCUT2D eigenvalue weighted by Gasteiger charge is 2.14. The van der Waals surface area contributed by atoms with E-state index in [1.165, 1.54) is 0 Å². The lowest BCUT2D eigenvalue weighted by Gasteiger charge is -2.10. The zero-order valence-electron chi connectivity index (χ0n) is 4.93. The second kappa shape index (κ2) is 3.36. The minimum Gasteiger partial charge on any atom is -0.0875 e. The summed E-state index contributed by atoms with van der Waals surface area (Å²) in [6.07, 6.45) is 0.946. The van der Waals surface area contributed by atoms with Crippen LogP contribution < -0.4 is 0 Å². The Bertz CT molecular complexity index is 170. The fraction of sp³-hybridized carbons (Fsp3) is 0.333. The number of halogens is 4. The quantitative estimate of drug-likeness (QED) is 0.572. The highest BCUT2D eigenvalue weighted by atomic mass is 35.5. The van der Waals surface area contributed by atoms with Crippen molar-refractivity contribution < 1.29 is 0 Å². The van der Waals surface area contributed by atoms with Crippen molar-refractivity contribution in [3.05, 3.63) is 20.1 Å². The maximum atomic E-state index is 5.70. The molecule has 0 spiro atoms. The molecule has 0 nitrogen and oxygen atoms in total. The van der Waals surface area contributed by atoms with Crippen molar-refractivity contribution in [2.24, 2.45) is 0 Å². The van der Waals surface area contributed by atoms with Crippen LogP contribution in [-0.2, 0) is 0 Å². The van der Waals surface area contributed by atoms with E-state index < -0.39 is 0 Å². The fourth-order valence-electron chi connectivity index (χ4n) is 0.656. The molecule has 0 aromatic carbocycles. The summed E-state index contributed by atoms with van der Waals surface area (Å²) in [5.74, 6) is 0. The standard InChI is InChI=1S/C6H4Cl4/c7-3-1-4(8)6(10)2-5(3)9/h1-2H2. The monoisotopic (exact) mass is 216 g/mol. The van der Waals surface area contributed by atoms with Gasteiger partial charge in [-0.25, -0.2) is 0 Å². The molecule has 0 aromatic heterocycles. The van der Waals surface area contributed by atoms with Crippen LogP contribution in [0.2, 0.25) is 0 Å². The molecule has 4 heteroatoms. The summed E-state index contributed by atoms with van der Waals surface area (Å²) in [7, 11) is 0. The van der Waals surface area contributed by atoms with E-state index in [4.69, 9.17) is 46.4 Å². The second-order valence-electron chi connectivity index (χ2n) is 1.97. The Morgan fingerprint density at radius 3 is 1.00 bits per heavy atom. The molecular weight excluding hydrogens is 214 g/mol. The first-order chi connectivity index (χ1) is 4.61. The summed E-state index contributed by atoms with van der Waals surface area (Å²) in [4.78, 5) is 0. The van der Waals surface area contributed by atoms with Crippen LogP contribution in [-0.4, -0.2) is 0 Å². The summed E-state index contributed by atoms with van der Waals surface area (Å²) in [6.45, 7) is 0. The number of hydrogen-bond donors (Lipinski definition) is 0. The molecule has 0 aromatic rings. The average Bonchev–Trinajstić information content (AvgIpc) is 1.84. The van der Waals surface area contributed by atoms with E-state index in [0.717, 1.165) is 0 Å². The Kier molecular flexibility index (Phi) is 2.93. The SMILES string of the molecule is ClC1=C(Cl)CC(Cl)=C(Cl)C1. The summed E-state index contributed by atoms with van der Waals surface area (Å²) in [5, 5.41) is 2.37. The molecule has 10 heavy (non-hydrogen) atoms. The van der Waals surface area contributed by atoms with Crippen LogP contribution in [0, 0.1) is 0 Å². The Morgan fingerprint density at radius 2 is 0.800 bits per heavy atom. The molecule has 1 rings (SSSR count). The molecule has 0 atom stereocenters. The minimum atomic E-state index is 0.473. The Hall–Kier alpha value is 0.640. The predicted octanol–water partition coefficient (Wildman–Crippen LogP) is 4.16. The van der Waals surface area contributed by atoms with Crippen LogP contribution in [0.15, 0.2) is 20.1 Å². The van der Waals surface area contributed by atoms with Gasteiger partial charge in [-0.2, -0.15) is 0 Å². The molecule has 0 N–H and O–H groups in total. The lowest BCUT2D eigenvalue weighted by atomic mass is 10.2. The van der Waals surface area contributed by atoms with Crippen LogP contribution in [0.5, 0.6) is 0 Å². The highest BCUT2D eigenvalue weighted by molar-refractivity contribution is 6.44. The molecule has 0 saturated carbocycles. The van der Waals surface area contributed by atoms with Crippen LogP contribution >= 0.6 is 46.4 Å². The van der Waals surface area contributed by atoms with Gasteiger partial charge >= 0.3 is 0 Å². The molecule has 0 saturated heterocycles. The lowest BCUT2D eigenvalue weighted by molar-refractivity contribution is 1.13. The van der Waals surface area contributed by atoms with Crippen molar-refractivity contribution in [3.63, 3.8) is 0 Å². The molecule has 0 radical (unpaired) electrons. The molecule has 0 bridgehead atoms. The first kappa shape index (κ1) is 8.73. The molecule has 0 aliphatic heterocycles. The van der Waals surface area contributed by atoms with Crippen molar-refractivity contribution in [2.75, 3.05) is 0 Å².